The van der Waals surface area contributed by atoms with E-state index in [9.17, 15) is 28.7 Å². The number of amides is 3. The van der Waals surface area contributed by atoms with Crippen LogP contribution in [0.2, 0.25) is 0 Å². The number of carboxylic acid groups (broad SMARTS) is 1. The summed E-state index contributed by atoms with van der Waals surface area (Å²) >= 11 is 0. The molecular weight excluding hydrogens is 631 g/mol. The van der Waals surface area contributed by atoms with Crippen molar-refractivity contribution >= 4 is 23.9 Å². The Labute approximate surface area is 288 Å². The van der Waals surface area contributed by atoms with Crippen LogP contribution < -0.4 is 10.1 Å². The summed E-state index contributed by atoms with van der Waals surface area (Å²) < 4.78 is 23.7. The number of hydrogen-bond donors (Lipinski definition) is 2. The van der Waals surface area contributed by atoms with Crippen molar-refractivity contribution in [2.24, 2.45) is 11.8 Å². The zero-order valence-electron chi connectivity index (χ0n) is 29.0. The number of carbonyl (C=O) groups is 4. The molecule has 4 rings (SSSR count). The minimum Gasteiger partial charge on any atom is -0.491 e. The first kappa shape index (κ1) is 37.6. The summed E-state index contributed by atoms with van der Waals surface area (Å²) in [4.78, 5) is 59.1. The molecule has 3 amide bonds. The van der Waals surface area contributed by atoms with Crippen LogP contribution in [0.25, 0.3) is 0 Å². The standard InChI is InChI=1S/C37H51FN4O7/c1-37(2,3)49-34(44)24-32(30-10-5-18-39-31(30)13-11-27-7-4-9-29(23-27)48-22-17-38)40-35(45)28-8-6-19-42(25-28)33(43)14-12-26-15-20-41(21-16-26)36(46)47/h4-5,7,9-10,18,23,26,28,32H,6,8,11-17,19-22,24-25H2,1-3H3,(H,40,45)(H,46,47)/t28-,32+/m1/s1. The molecule has 2 fully saturated rings. The molecule has 0 unspecified atom stereocenters. The van der Waals surface area contributed by atoms with E-state index in [-0.39, 0.29) is 24.8 Å². The molecule has 0 bridgehead atoms. The largest absolute Gasteiger partial charge is 0.491 e. The minimum absolute atomic E-state index is 0.0113. The van der Waals surface area contributed by atoms with Crippen LogP contribution in [0.15, 0.2) is 42.6 Å². The summed E-state index contributed by atoms with van der Waals surface area (Å²) in [6.07, 6.45) is 5.76. The number of carbonyl (C=O) groups excluding carboxylic acids is 3. The molecule has 1 aromatic carbocycles. The number of benzene rings is 1. The number of ether oxygens (including phenoxy) is 2. The highest BCUT2D eigenvalue weighted by molar-refractivity contribution is 5.82. The Kier molecular flexibility index (Phi) is 13.8. The Morgan fingerprint density at radius 2 is 1.82 bits per heavy atom. The fourth-order valence-corrected chi connectivity index (χ4v) is 6.58. The van der Waals surface area contributed by atoms with Gasteiger partial charge in [-0.05, 0) is 101 Å². The third kappa shape index (κ3) is 12.0. The summed E-state index contributed by atoms with van der Waals surface area (Å²) in [5, 5.41) is 12.3. The van der Waals surface area contributed by atoms with Gasteiger partial charge in [-0.1, -0.05) is 18.2 Å². The van der Waals surface area contributed by atoms with Crippen molar-refractivity contribution in [1.82, 2.24) is 20.1 Å². The molecule has 2 saturated heterocycles. The third-order valence-corrected chi connectivity index (χ3v) is 9.10. The molecule has 49 heavy (non-hydrogen) atoms. The van der Waals surface area contributed by atoms with Crippen molar-refractivity contribution in [2.45, 2.75) is 90.2 Å². The lowest BCUT2D eigenvalue weighted by atomic mass is 9.91. The molecule has 2 aliphatic heterocycles. The molecule has 268 valence electrons. The van der Waals surface area contributed by atoms with Gasteiger partial charge in [0.15, 0.2) is 0 Å². The average Bonchev–Trinajstić information content (AvgIpc) is 3.08. The molecule has 0 radical (unpaired) electrons. The average molecular weight is 683 g/mol. The number of pyridine rings is 1. The Bertz CT molecular complexity index is 1420. The van der Waals surface area contributed by atoms with Gasteiger partial charge in [-0.25, -0.2) is 9.18 Å². The molecule has 1 aromatic heterocycles. The lowest BCUT2D eigenvalue weighted by Crippen LogP contribution is -2.46. The van der Waals surface area contributed by atoms with Crippen LogP contribution >= 0.6 is 0 Å². The van der Waals surface area contributed by atoms with Gasteiger partial charge >= 0.3 is 12.1 Å². The van der Waals surface area contributed by atoms with Crippen molar-refractivity contribution in [2.75, 3.05) is 39.5 Å². The van der Waals surface area contributed by atoms with Gasteiger partial charge in [0, 0.05) is 44.5 Å². The topological polar surface area (TPSA) is 138 Å². The van der Waals surface area contributed by atoms with Crippen LogP contribution in [0.4, 0.5) is 9.18 Å². The van der Waals surface area contributed by atoms with Gasteiger partial charge in [-0.3, -0.25) is 19.4 Å². The normalized spacial score (nSPS) is 17.7. The molecule has 2 N–H and O–H groups in total. The summed E-state index contributed by atoms with van der Waals surface area (Å²) in [6.45, 7) is 6.70. The molecule has 2 aromatic rings. The first-order chi connectivity index (χ1) is 23.4. The highest BCUT2D eigenvalue weighted by Crippen LogP contribution is 2.27. The van der Waals surface area contributed by atoms with Crippen molar-refractivity contribution in [3.05, 3.63) is 59.4 Å². The number of hydrogen-bond acceptors (Lipinski definition) is 7. The highest BCUT2D eigenvalue weighted by atomic mass is 19.1. The smallest absolute Gasteiger partial charge is 0.407 e. The summed E-state index contributed by atoms with van der Waals surface area (Å²) in [6, 6.07) is 10.4. The number of nitrogens with one attached hydrogen (secondary N) is 1. The Morgan fingerprint density at radius 1 is 1.04 bits per heavy atom. The van der Waals surface area contributed by atoms with E-state index in [1.54, 1.807) is 44.0 Å². The monoisotopic (exact) mass is 682 g/mol. The molecule has 0 saturated carbocycles. The van der Waals surface area contributed by atoms with Crippen LogP contribution in [-0.2, 0) is 32.0 Å². The van der Waals surface area contributed by atoms with E-state index in [0.29, 0.717) is 76.4 Å². The van der Waals surface area contributed by atoms with E-state index in [1.807, 2.05) is 24.3 Å². The van der Waals surface area contributed by atoms with Gasteiger partial charge < -0.3 is 29.7 Å². The van der Waals surface area contributed by atoms with Crippen LogP contribution in [0.3, 0.4) is 0 Å². The van der Waals surface area contributed by atoms with Gasteiger partial charge in [0.05, 0.1) is 18.4 Å². The van der Waals surface area contributed by atoms with Gasteiger partial charge in [0.1, 0.15) is 24.6 Å². The molecule has 0 aliphatic carbocycles. The van der Waals surface area contributed by atoms with Gasteiger partial charge in [0.2, 0.25) is 11.8 Å². The number of halogens is 1. The number of esters is 1. The van der Waals surface area contributed by atoms with Crippen molar-refractivity contribution < 1.29 is 38.1 Å². The zero-order chi connectivity index (χ0) is 35.4. The molecule has 3 heterocycles. The number of aromatic nitrogens is 1. The molecule has 0 spiro atoms. The maximum absolute atomic E-state index is 13.8. The maximum atomic E-state index is 13.8. The molecular formula is C37H51FN4O7. The maximum Gasteiger partial charge on any atom is 0.407 e. The van der Waals surface area contributed by atoms with Gasteiger partial charge in [-0.15, -0.1) is 0 Å². The predicted molar refractivity (Wildman–Crippen MR) is 182 cm³/mol. The molecule has 2 atom stereocenters. The van der Waals surface area contributed by atoms with E-state index in [0.717, 1.165) is 29.7 Å². The van der Waals surface area contributed by atoms with Crippen molar-refractivity contribution in [1.29, 1.82) is 0 Å². The highest BCUT2D eigenvalue weighted by Gasteiger charge is 2.32. The Balaban J connectivity index is 1.41. The summed E-state index contributed by atoms with van der Waals surface area (Å²) in [5.74, 6) is -0.182. The number of nitrogens with zero attached hydrogens (tertiary/aromatic N) is 3. The van der Waals surface area contributed by atoms with Crippen LogP contribution in [-0.4, -0.2) is 88.8 Å². The fraction of sp³-hybridized carbons (Fsp3) is 0.595. The number of piperidine rings is 2. The third-order valence-electron chi connectivity index (χ3n) is 9.10. The minimum atomic E-state index is -0.899. The number of likely N-dealkylation sites (tertiary alicyclic amines) is 2. The fourth-order valence-electron chi connectivity index (χ4n) is 6.58. The quantitative estimate of drug-likeness (QED) is 0.249. The summed E-state index contributed by atoms with van der Waals surface area (Å²) in [5.41, 5.74) is 1.75. The number of aryl methyl sites for hydroxylation is 2. The SMILES string of the molecule is CC(C)(C)OC(=O)C[C@H](NC(=O)[C@@H]1CCCN(C(=O)CCC2CCN(C(=O)O)CC2)C1)c1cccnc1CCc1cccc(OCCF)c1. The zero-order valence-corrected chi connectivity index (χ0v) is 29.0. The molecule has 11 nitrogen and oxygen atoms in total. The van der Waals surface area contributed by atoms with E-state index < -0.39 is 36.3 Å². The lowest BCUT2D eigenvalue weighted by molar-refractivity contribution is -0.155. The Morgan fingerprint density at radius 3 is 2.53 bits per heavy atom. The van der Waals surface area contributed by atoms with E-state index >= 15 is 0 Å². The molecule has 2 aliphatic rings. The van der Waals surface area contributed by atoms with Crippen LogP contribution in [0, 0.1) is 11.8 Å². The van der Waals surface area contributed by atoms with Crippen LogP contribution in [0.1, 0.15) is 88.6 Å². The first-order valence-electron chi connectivity index (χ1n) is 17.4. The lowest BCUT2D eigenvalue weighted by Gasteiger charge is -2.34. The number of rotatable bonds is 14. The van der Waals surface area contributed by atoms with Gasteiger partial charge in [0.25, 0.3) is 0 Å². The van der Waals surface area contributed by atoms with Crippen molar-refractivity contribution in [3.63, 3.8) is 0 Å². The second-order valence-electron chi connectivity index (χ2n) is 14.0. The Hall–Kier alpha value is -4.22. The van der Waals surface area contributed by atoms with Gasteiger partial charge in [-0.2, -0.15) is 0 Å². The van der Waals surface area contributed by atoms with Crippen molar-refractivity contribution in [3.8, 4) is 5.75 Å². The van der Waals surface area contributed by atoms with E-state index in [2.05, 4.69) is 10.3 Å². The van der Waals surface area contributed by atoms with E-state index in [4.69, 9.17) is 9.47 Å². The first-order valence-corrected chi connectivity index (χ1v) is 17.4. The second-order valence-corrected chi connectivity index (χ2v) is 14.0. The van der Waals surface area contributed by atoms with Crippen LogP contribution in [0.5, 0.6) is 5.75 Å². The second kappa shape index (κ2) is 18.0. The summed E-state index contributed by atoms with van der Waals surface area (Å²) in [7, 11) is 0. The number of alkyl halides is 1. The van der Waals surface area contributed by atoms with E-state index in [1.165, 1.54) is 4.90 Å². The molecule has 12 heteroatoms. The predicted octanol–water partition coefficient (Wildman–Crippen LogP) is 5.51.